The lowest BCUT2D eigenvalue weighted by Crippen LogP contribution is -2.05. The molecule has 0 N–H and O–H groups in total. The van der Waals surface area contributed by atoms with Gasteiger partial charge < -0.3 is 0 Å². The normalized spacial score (nSPS) is 10.5. The summed E-state index contributed by atoms with van der Waals surface area (Å²) in [7, 11) is 1.67. The molecule has 9 heteroatoms. The van der Waals surface area contributed by atoms with Gasteiger partial charge in [0.15, 0.2) is 5.78 Å². The van der Waals surface area contributed by atoms with E-state index in [2.05, 4.69) is 15.5 Å². The fourth-order valence-electron chi connectivity index (χ4n) is 1.54. The number of aromatic nitrogens is 4. The van der Waals surface area contributed by atoms with Gasteiger partial charge in [0.05, 0.1) is 10.7 Å². The fraction of sp³-hybridized carbons (Fsp3) is 0.273. The summed E-state index contributed by atoms with van der Waals surface area (Å²) in [5.41, 5.74) is 0.780. The molecular weight excluding hydrogens is 282 g/mol. The summed E-state index contributed by atoms with van der Waals surface area (Å²) in [4.78, 5) is 22.4. The van der Waals surface area contributed by atoms with Crippen molar-refractivity contribution in [3.05, 3.63) is 39.4 Å². The standard InChI is InChI=1S/C11H11N5O3S/c1-7-3-4-8(5-9(7)16(18)19)10(17)6-20-11-12-13-14-15(11)2/h3-5H,6H2,1-2H3. The minimum absolute atomic E-state index is 0.0545. The topological polar surface area (TPSA) is 104 Å². The second-order valence-electron chi connectivity index (χ2n) is 4.06. The molecule has 0 unspecified atom stereocenters. The minimum Gasteiger partial charge on any atom is -0.293 e. The molecule has 0 aliphatic carbocycles. The van der Waals surface area contributed by atoms with Crippen LogP contribution in [0.3, 0.4) is 0 Å². The Morgan fingerprint density at radius 1 is 1.50 bits per heavy atom. The molecule has 0 amide bonds. The molecule has 0 spiro atoms. The third-order valence-electron chi connectivity index (χ3n) is 2.64. The van der Waals surface area contributed by atoms with Crippen molar-refractivity contribution in [2.24, 2.45) is 7.05 Å². The Morgan fingerprint density at radius 3 is 2.85 bits per heavy atom. The average Bonchev–Trinajstić information content (AvgIpc) is 2.81. The van der Waals surface area contributed by atoms with Crippen LogP contribution in [0.1, 0.15) is 15.9 Å². The Balaban J connectivity index is 2.12. The summed E-state index contributed by atoms with van der Waals surface area (Å²) >= 11 is 1.18. The maximum absolute atomic E-state index is 12.0. The van der Waals surface area contributed by atoms with Crippen molar-refractivity contribution in [3.63, 3.8) is 0 Å². The number of Topliss-reactive ketones (excluding diaryl/α,β-unsaturated/α-hetero) is 1. The second kappa shape index (κ2) is 5.78. The van der Waals surface area contributed by atoms with Crippen molar-refractivity contribution in [1.29, 1.82) is 0 Å². The highest BCUT2D eigenvalue weighted by atomic mass is 32.2. The van der Waals surface area contributed by atoms with E-state index >= 15 is 0 Å². The molecule has 104 valence electrons. The van der Waals surface area contributed by atoms with Crippen molar-refractivity contribution in [1.82, 2.24) is 20.2 Å². The van der Waals surface area contributed by atoms with Crippen LogP contribution < -0.4 is 0 Å². The lowest BCUT2D eigenvalue weighted by molar-refractivity contribution is -0.385. The van der Waals surface area contributed by atoms with Crippen LogP contribution in [0.15, 0.2) is 23.4 Å². The molecular formula is C11H11N5O3S. The van der Waals surface area contributed by atoms with Crippen molar-refractivity contribution in [2.75, 3.05) is 5.75 Å². The summed E-state index contributed by atoms with van der Waals surface area (Å²) in [6.45, 7) is 1.63. The van der Waals surface area contributed by atoms with Gasteiger partial charge in [-0.05, 0) is 17.4 Å². The van der Waals surface area contributed by atoms with Gasteiger partial charge in [-0.2, -0.15) is 0 Å². The van der Waals surface area contributed by atoms with Crippen molar-refractivity contribution in [3.8, 4) is 0 Å². The van der Waals surface area contributed by atoms with Crippen LogP contribution >= 0.6 is 11.8 Å². The summed E-state index contributed by atoms with van der Waals surface area (Å²) in [6.07, 6.45) is 0. The molecule has 0 saturated heterocycles. The van der Waals surface area contributed by atoms with E-state index in [1.54, 1.807) is 26.1 Å². The first-order valence-electron chi connectivity index (χ1n) is 5.62. The number of benzene rings is 1. The Kier molecular flexibility index (Phi) is 4.08. The zero-order valence-corrected chi connectivity index (χ0v) is 11.6. The number of hydrogen-bond acceptors (Lipinski definition) is 7. The lowest BCUT2D eigenvalue weighted by Gasteiger charge is -2.02. The second-order valence-corrected chi connectivity index (χ2v) is 5.00. The van der Waals surface area contributed by atoms with E-state index in [9.17, 15) is 14.9 Å². The fourth-order valence-corrected chi connectivity index (χ4v) is 2.28. The van der Waals surface area contributed by atoms with Gasteiger partial charge in [0.2, 0.25) is 5.16 Å². The average molecular weight is 293 g/mol. The Labute approximate surface area is 118 Å². The first-order chi connectivity index (χ1) is 9.49. The van der Waals surface area contributed by atoms with Crippen molar-refractivity contribution in [2.45, 2.75) is 12.1 Å². The third-order valence-corrected chi connectivity index (χ3v) is 3.65. The number of aryl methyl sites for hydroxylation is 2. The number of nitrogens with zero attached hydrogens (tertiary/aromatic N) is 5. The van der Waals surface area contributed by atoms with Crippen LogP contribution in [-0.4, -0.2) is 36.7 Å². The molecule has 0 aliphatic rings. The van der Waals surface area contributed by atoms with Crippen LogP contribution in [-0.2, 0) is 7.05 Å². The van der Waals surface area contributed by atoms with E-state index in [-0.39, 0.29) is 17.2 Å². The summed E-state index contributed by atoms with van der Waals surface area (Å²) in [6, 6.07) is 4.45. The van der Waals surface area contributed by atoms with Crippen LogP contribution in [0.2, 0.25) is 0 Å². The molecule has 20 heavy (non-hydrogen) atoms. The molecule has 1 aromatic heterocycles. The number of nitro benzene ring substituents is 1. The van der Waals surface area contributed by atoms with E-state index in [1.807, 2.05) is 0 Å². The monoisotopic (exact) mass is 293 g/mol. The van der Waals surface area contributed by atoms with Crippen LogP contribution in [0.5, 0.6) is 0 Å². The van der Waals surface area contributed by atoms with Crippen LogP contribution in [0.25, 0.3) is 0 Å². The van der Waals surface area contributed by atoms with Gasteiger partial charge in [0.1, 0.15) is 0 Å². The first kappa shape index (κ1) is 14.1. The summed E-state index contributed by atoms with van der Waals surface area (Å²) in [5.74, 6) is -0.0878. The van der Waals surface area contributed by atoms with E-state index < -0.39 is 4.92 Å². The number of carbonyl (C=O) groups is 1. The Morgan fingerprint density at radius 2 is 2.25 bits per heavy atom. The molecule has 0 aliphatic heterocycles. The predicted molar refractivity (Wildman–Crippen MR) is 71.7 cm³/mol. The van der Waals surface area contributed by atoms with Crippen molar-refractivity contribution >= 4 is 23.2 Å². The number of hydrogen-bond donors (Lipinski definition) is 0. The maximum atomic E-state index is 12.0. The van der Waals surface area contributed by atoms with Gasteiger partial charge in [0.25, 0.3) is 5.69 Å². The van der Waals surface area contributed by atoms with Crippen LogP contribution in [0, 0.1) is 17.0 Å². The highest BCUT2D eigenvalue weighted by Gasteiger charge is 2.16. The number of rotatable bonds is 5. The van der Waals surface area contributed by atoms with Gasteiger partial charge in [0, 0.05) is 24.2 Å². The molecule has 0 saturated carbocycles. The molecule has 0 fully saturated rings. The van der Waals surface area contributed by atoms with E-state index in [1.165, 1.54) is 22.5 Å². The highest BCUT2D eigenvalue weighted by Crippen LogP contribution is 2.21. The minimum atomic E-state index is -0.494. The largest absolute Gasteiger partial charge is 0.293 e. The van der Waals surface area contributed by atoms with Gasteiger partial charge in [-0.25, -0.2) is 4.68 Å². The van der Waals surface area contributed by atoms with Gasteiger partial charge in [-0.15, -0.1) is 5.10 Å². The number of nitro groups is 1. The summed E-state index contributed by atoms with van der Waals surface area (Å²) in [5, 5.41) is 22.2. The lowest BCUT2D eigenvalue weighted by atomic mass is 10.1. The molecule has 0 radical (unpaired) electrons. The zero-order valence-electron chi connectivity index (χ0n) is 10.8. The molecule has 2 aromatic rings. The first-order valence-corrected chi connectivity index (χ1v) is 6.61. The molecule has 2 rings (SSSR count). The van der Waals surface area contributed by atoms with Crippen molar-refractivity contribution < 1.29 is 9.72 Å². The van der Waals surface area contributed by atoms with Gasteiger partial charge in [-0.3, -0.25) is 14.9 Å². The number of tetrazole rings is 1. The summed E-state index contributed by atoms with van der Waals surface area (Å²) < 4.78 is 1.45. The number of thioether (sulfide) groups is 1. The molecule has 1 heterocycles. The molecule has 0 atom stereocenters. The maximum Gasteiger partial charge on any atom is 0.273 e. The smallest absolute Gasteiger partial charge is 0.273 e. The zero-order chi connectivity index (χ0) is 14.7. The third kappa shape index (κ3) is 2.99. The van der Waals surface area contributed by atoms with Gasteiger partial charge in [-0.1, -0.05) is 23.9 Å². The molecule has 8 nitrogen and oxygen atoms in total. The highest BCUT2D eigenvalue weighted by molar-refractivity contribution is 7.99. The van der Waals surface area contributed by atoms with E-state index in [0.717, 1.165) is 0 Å². The quantitative estimate of drug-likeness (QED) is 0.355. The molecule has 1 aromatic carbocycles. The Hall–Kier alpha value is -2.29. The molecule has 0 bridgehead atoms. The van der Waals surface area contributed by atoms with E-state index in [4.69, 9.17) is 0 Å². The predicted octanol–water partition coefficient (Wildman–Crippen LogP) is 1.40. The SMILES string of the molecule is Cc1ccc(C(=O)CSc2nnnn2C)cc1[N+](=O)[O-]. The van der Waals surface area contributed by atoms with Gasteiger partial charge >= 0.3 is 0 Å². The van der Waals surface area contributed by atoms with Crippen LogP contribution in [0.4, 0.5) is 5.69 Å². The number of ketones is 1. The number of carbonyl (C=O) groups excluding carboxylic acids is 1. The Bertz CT molecular complexity index is 670. The van der Waals surface area contributed by atoms with E-state index in [0.29, 0.717) is 16.3 Å².